The Morgan fingerprint density at radius 3 is 2.56 bits per heavy atom. The van der Waals surface area contributed by atoms with Crippen LogP contribution in [0.2, 0.25) is 0 Å². The van der Waals surface area contributed by atoms with E-state index in [1.807, 2.05) is 0 Å². The molecule has 0 radical (unpaired) electrons. The molecule has 88 valence electrons. The summed E-state index contributed by atoms with van der Waals surface area (Å²) in [6, 6.07) is 5.73. The van der Waals surface area contributed by atoms with Crippen molar-refractivity contribution in [2.45, 2.75) is 19.1 Å². The highest BCUT2D eigenvalue weighted by Crippen LogP contribution is 2.21. The van der Waals surface area contributed by atoms with Gasteiger partial charge in [0.25, 0.3) is 0 Å². The molecule has 1 atom stereocenters. The minimum absolute atomic E-state index is 0.127. The quantitative estimate of drug-likeness (QED) is 0.802. The highest BCUT2D eigenvalue weighted by Gasteiger charge is 2.17. The summed E-state index contributed by atoms with van der Waals surface area (Å²) in [5.41, 5.74) is 0.220. The molecule has 1 rings (SSSR count). The number of alkyl halides is 2. The van der Waals surface area contributed by atoms with E-state index in [0.717, 1.165) is 0 Å². The van der Waals surface area contributed by atoms with Crippen LogP contribution in [0.5, 0.6) is 5.75 Å². The second-order valence-corrected chi connectivity index (χ2v) is 3.04. The van der Waals surface area contributed by atoms with Crippen LogP contribution in [0.15, 0.2) is 24.3 Å². The second kappa shape index (κ2) is 5.41. The number of rotatable bonds is 5. The number of para-hydroxylation sites is 1. The second-order valence-electron chi connectivity index (χ2n) is 3.04. The molecule has 0 aromatic heterocycles. The molecular weight excluding hydrogens is 222 g/mol. The van der Waals surface area contributed by atoms with Crippen molar-refractivity contribution in [3.8, 4) is 5.75 Å². The monoisotopic (exact) mass is 232 g/mol. The molecule has 0 saturated heterocycles. The normalized spacial score (nSPS) is 12.5. The van der Waals surface area contributed by atoms with Crippen LogP contribution in [0.1, 0.15) is 5.56 Å². The van der Waals surface area contributed by atoms with Gasteiger partial charge in [-0.3, -0.25) is 0 Å². The third-order valence-electron chi connectivity index (χ3n) is 1.89. The molecule has 1 unspecified atom stereocenters. The molecule has 0 heterocycles. The lowest BCUT2D eigenvalue weighted by molar-refractivity contribution is -0.146. The van der Waals surface area contributed by atoms with Crippen LogP contribution in [0, 0.1) is 0 Å². The largest absolute Gasteiger partial charge is 0.479 e. The van der Waals surface area contributed by atoms with Gasteiger partial charge in [0.1, 0.15) is 5.75 Å². The number of carboxylic acids is 1. The Hall–Kier alpha value is -1.69. The molecule has 4 nitrogen and oxygen atoms in total. The third-order valence-corrected chi connectivity index (χ3v) is 1.89. The summed E-state index contributed by atoms with van der Waals surface area (Å²) in [4.78, 5) is 10.4. The summed E-state index contributed by atoms with van der Waals surface area (Å²) < 4.78 is 28.2. The molecule has 0 bridgehead atoms. The van der Waals surface area contributed by atoms with Gasteiger partial charge >= 0.3 is 12.6 Å². The van der Waals surface area contributed by atoms with E-state index in [1.54, 1.807) is 6.07 Å². The SMILES string of the molecule is O=C(O)C(O)Cc1ccccc1OC(F)F. The molecule has 0 saturated carbocycles. The van der Waals surface area contributed by atoms with E-state index in [2.05, 4.69) is 4.74 Å². The summed E-state index contributed by atoms with van der Waals surface area (Å²) in [5, 5.41) is 17.6. The van der Waals surface area contributed by atoms with Crippen LogP contribution in [0.4, 0.5) is 8.78 Å². The zero-order valence-electron chi connectivity index (χ0n) is 8.14. The van der Waals surface area contributed by atoms with Crippen molar-refractivity contribution in [1.29, 1.82) is 0 Å². The van der Waals surface area contributed by atoms with Gasteiger partial charge in [-0.2, -0.15) is 8.78 Å². The van der Waals surface area contributed by atoms with Crippen LogP contribution in [0.3, 0.4) is 0 Å². The Bertz CT molecular complexity index is 368. The molecule has 6 heteroatoms. The van der Waals surface area contributed by atoms with Crippen molar-refractivity contribution in [2.75, 3.05) is 0 Å². The van der Waals surface area contributed by atoms with Gasteiger partial charge in [0, 0.05) is 6.42 Å². The first-order chi connectivity index (χ1) is 7.50. The van der Waals surface area contributed by atoms with Gasteiger partial charge in [-0.1, -0.05) is 18.2 Å². The smallest absolute Gasteiger partial charge is 0.387 e. The number of halogens is 2. The van der Waals surface area contributed by atoms with Gasteiger partial charge in [0.05, 0.1) is 0 Å². The van der Waals surface area contributed by atoms with E-state index < -0.39 is 18.7 Å². The summed E-state index contributed by atoms with van der Waals surface area (Å²) in [7, 11) is 0. The van der Waals surface area contributed by atoms with Gasteiger partial charge in [0.2, 0.25) is 0 Å². The number of ether oxygens (including phenoxy) is 1. The first kappa shape index (κ1) is 12.4. The molecule has 0 aliphatic carbocycles. The standard InChI is InChI=1S/C10H10F2O4/c11-10(12)16-8-4-2-1-3-6(8)5-7(13)9(14)15/h1-4,7,10,13H,5H2,(H,14,15). The third kappa shape index (κ3) is 3.47. The minimum Gasteiger partial charge on any atom is -0.479 e. The number of aliphatic hydroxyl groups excluding tert-OH is 1. The van der Waals surface area contributed by atoms with Gasteiger partial charge in [0.15, 0.2) is 6.10 Å². The highest BCUT2D eigenvalue weighted by molar-refractivity contribution is 5.72. The van der Waals surface area contributed by atoms with E-state index in [4.69, 9.17) is 10.2 Å². The number of benzene rings is 1. The Morgan fingerprint density at radius 1 is 1.38 bits per heavy atom. The Balaban J connectivity index is 2.82. The van der Waals surface area contributed by atoms with Gasteiger partial charge in [-0.05, 0) is 11.6 Å². The van der Waals surface area contributed by atoms with Crippen molar-refractivity contribution >= 4 is 5.97 Å². The van der Waals surface area contributed by atoms with Gasteiger partial charge in [-0.25, -0.2) is 4.79 Å². The molecule has 2 N–H and O–H groups in total. The van der Waals surface area contributed by atoms with Crippen LogP contribution in [0.25, 0.3) is 0 Å². The predicted molar refractivity (Wildman–Crippen MR) is 50.4 cm³/mol. The molecule has 1 aromatic carbocycles. The summed E-state index contributed by atoms with van der Waals surface area (Å²) >= 11 is 0. The number of hydrogen-bond acceptors (Lipinski definition) is 3. The van der Waals surface area contributed by atoms with Crippen LogP contribution in [-0.4, -0.2) is 28.9 Å². The Kier molecular flexibility index (Phi) is 4.19. The number of carbonyl (C=O) groups is 1. The summed E-state index contributed by atoms with van der Waals surface area (Å²) in [6.45, 7) is -2.98. The lowest BCUT2D eigenvalue weighted by atomic mass is 10.1. The molecule has 0 spiro atoms. The summed E-state index contributed by atoms with van der Waals surface area (Å²) in [5.74, 6) is -1.54. The van der Waals surface area contributed by atoms with Crippen LogP contribution >= 0.6 is 0 Å². The molecule has 0 aliphatic heterocycles. The Labute approximate surface area is 90.1 Å². The fourth-order valence-electron chi connectivity index (χ4n) is 1.18. The maximum atomic E-state index is 12.0. The van der Waals surface area contributed by atoms with Crippen molar-refractivity contribution in [2.24, 2.45) is 0 Å². The lowest BCUT2D eigenvalue weighted by Crippen LogP contribution is -2.22. The first-order valence-corrected chi connectivity index (χ1v) is 4.44. The van der Waals surface area contributed by atoms with Crippen molar-refractivity contribution < 1.29 is 28.5 Å². The average Bonchev–Trinajstić information content (AvgIpc) is 2.20. The predicted octanol–water partition coefficient (Wildman–Crippen LogP) is 1.28. The Morgan fingerprint density at radius 2 is 2.00 bits per heavy atom. The van der Waals surface area contributed by atoms with E-state index in [0.29, 0.717) is 0 Å². The molecule has 0 amide bonds. The molecule has 1 aromatic rings. The van der Waals surface area contributed by atoms with E-state index in [-0.39, 0.29) is 17.7 Å². The van der Waals surface area contributed by atoms with Crippen molar-refractivity contribution in [3.05, 3.63) is 29.8 Å². The maximum Gasteiger partial charge on any atom is 0.387 e. The van der Waals surface area contributed by atoms with E-state index in [1.165, 1.54) is 18.2 Å². The number of carboxylic acid groups (broad SMARTS) is 1. The molecular formula is C10H10F2O4. The zero-order valence-corrected chi connectivity index (χ0v) is 8.14. The summed E-state index contributed by atoms with van der Waals surface area (Å²) in [6.07, 6.45) is -1.92. The van der Waals surface area contributed by atoms with Crippen LogP contribution < -0.4 is 4.74 Å². The van der Waals surface area contributed by atoms with E-state index in [9.17, 15) is 13.6 Å². The van der Waals surface area contributed by atoms with E-state index >= 15 is 0 Å². The van der Waals surface area contributed by atoms with Crippen molar-refractivity contribution in [3.63, 3.8) is 0 Å². The maximum absolute atomic E-state index is 12.0. The van der Waals surface area contributed by atoms with Crippen molar-refractivity contribution in [1.82, 2.24) is 0 Å². The minimum atomic E-state index is -2.98. The number of hydrogen-bond donors (Lipinski definition) is 2. The van der Waals surface area contributed by atoms with Crippen LogP contribution in [-0.2, 0) is 11.2 Å². The fraction of sp³-hybridized carbons (Fsp3) is 0.300. The first-order valence-electron chi connectivity index (χ1n) is 4.44. The average molecular weight is 232 g/mol. The number of aliphatic hydroxyl groups is 1. The zero-order chi connectivity index (χ0) is 12.1. The fourth-order valence-corrected chi connectivity index (χ4v) is 1.18. The van der Waals surface area contributed by atoms with Gasteiger partial charge < -0.3 is 14.9 Å². The topological polar surface area (TPSA) is 66.8 Å². The lowest BCUT2D eigenvalue weighted by Gasteiger charge is -2.11. The number of aliphatic carboxylic acids is 1. The highest BCUT2D eigenvalue weighted by atomic mass is 19.3. The van der Waals surface area contributed by atoms with Gasteiger partial charge in [-0.15, -0.1) is 0 Å². The molecule has 0 fully saturated rings. The molecule has 0 aliphatic rings. The molecule has 16 heavy (non-hydrogen) atoms.